The largest absolute Gasteiger partial charge is 0.383 e. The maximum absolute atomic E-state index is 5.45. The van der Waals surface area contributed by atoms with Gasteiger partial charge in [0.15, 0.2) is 0 Å². The number of nitrogen functional groups attached to an aromatic ring is 2. The molecule has 4 N–H and O–H groups in total. The van der Waals surface area contributed by atoms with E-state index in [1.807, 2.05) is 0 Å². The van der Waals surface area contributed by atoms with Gasteiger partial charge in [-0.2, -0.15) is 0 Å². The Morgan fingerprint density at radius 1 is 0.667 bits per heavy atom. The molecular weight excluding hydrogens is 457 g/mol. The summed E-state index contributed by atoms with van der Waals surface area (Å²) in [4.78, 5) is 30.6. The fraction of sp³-hybridized carbons (Fsp3) is 0. The van der Waals surface area contributed by atoms with Crippen LogP contribution in [0, 0.1) is 0 Å². The quantitative estimate of drug-likeness (QED) is 0.313. The second-order valence-corrected chi connectivity index (χ2v) is 3.61. The van der Waals surface area contributed by atoms with Crippen molar-refractivity contribution in [3.8, 4) is 0 Å². The minimum absolute atomic E-state index is 0. The number of imidazole rings is 2. The van der Waals surface area contributed by atoms with Crippen molar-refractivity contribution in [2.45, 2.75) is 0 Å². The van der Waals surface area contributed by atoms with Crippen LogP contribution in [-0.2, 0) is 22.4 Å². The van der Waals surface area contributed by atoms with E-state index in [0.29, 0.717) is 34.0 Å². The summed E-state index contributed by atoms with van der Waals surface area (Å²) < 4.78 is 0. The third-order valence-electron chi connectivity index (χ3n) is 2.40. The first kappa shape index (κ1) is 14.8. The molecule has 0 amide bonds. The molecule has 0 spiro atoms. The van der Waals surface area contributed by atoms with E-state index in [4.69, 9.17) is 11.5 Å². The Morgan fingerprint density at radius 3 is 1.48 bits per heavy atom. The van der Waals surface area contributed by atoms with E-state index in [0.717, 1.165) is 0 Å². The van der Waals surface area contributed by atoms with E-state index in [1.54, 1.807) is 0 Å². The standard InChI is InChI=1S/2C5H4N5.Au/c2*6-4-3-5(9-1-7-3)10-2-8-4;/h2*1-2H,(H2-,6,7,8,9,10);/q2*-1;. The van der Waals surface area contributed by atoms with Crippen LogP contribution in [0.15, 0.2) is 25.3 Å². The fourth-order valence-corrected chi connectivity index (χ4v) is 1.48. The van der Waals surface area contributed by atoms with E-state index in [-0.39, 0.29) is 22.4 Å². The normalized spacial score (nSPS) is 9.90. The Hall–Kier alpha value is -2.56. The van der Waals surface area contributed by atoms with E-state index in [2.05, 4.69) is 39.9 Å². The van der Waals surface area contributed by atoms with Gasteiger partial charge in [-0.1, -0.05) is 0 Å². The minimum atomic E-state index is 0. The summed E-state index contributed by atoms with van der Waals surface area (Å²) >= 11 is 0. The number of nitrogens with zero attached hydrogens (tertiary/aromatic N) is 8. The Labute approximate surface area is 133 Å². The van der Waals surface area contributed by atoms with Gasteiger partial charge in [0.2, 0.25) is 0 Å². The topological polar surface area (TPSA) is 158 Å². The Balaban J connectivity index is 0.000000147. The molecule has 0 saturated carbocycles. The number of anilines is 2. The minimum Gasteiger partial charge on any atom is -0.383 e. The van der Waals surface area contributed by atoms with Crippen LogP contribution in [0.1, 0.15) is 0 Å². The molecule has 0 aliphatic rings. The molecule has 0 aliphatic heterocycles. The smallest absolute Gasteiger partial charge is 0.134 e. The van der Waals surface area contributed by atoms with Crippen molar-refractivity contribution in [3.63, 3.8) is 0 Å². The zero-order chi connectivity index (χ0) is 13.9. The second-order valence-electron chi connectivity index (χ2n) is 3.61. The molecule has 0 aliphatic carbocycles. The zero-order valence-corrected chi connectivity index (χ0v) is 12.5. The molecule has 0 aromatic carbocycles. The van der Waals surface area contributed by atoms with Crippen molar-refractivity contribution in [2.75, 3.05) is 11.5 Å². The molecule has 21 heavy (non-hydrogen) atoms. The number of fused-ring (bicyclic) bond motifs is 2. The molecular formula is C10H8AuN10-2. The van der Waals surface area contributed by atoms with Gasteiger partial charge in [-0.15, -0.1) is 0 Å². The summed E-state index contributed by atoms with van der Waals surface area (Å²) in [6, 6.07) is 0. The van der Waals surface area contributed by atoms with Crippen LogP contribution >= 0.6 is 0 Å². The molecule has 0 fully saturated rings. The van der Waals surface area contributed by atoms with Gasteiger partial charge < -0.3 is 41.4 Å². The number of hydrogen-bond donors (Lipinski definition) is 2. The first-order valence-corrected chi connectivity index (χ1v) is 5.43. The average Bonchev–Trinajstić information content (AvgIpc) is 3.08. The van der Waals surface area contributed by atoms with Gasteiger partial charge in [0.25, 0.3) is 0 Å². The molecule has 0 saturated heterocycles. The summed E-state index contributed by atoms with van der Waals surface area (Å²) in [6.07, 6.45) is 5.56. The number of hydrogen-bond acceptors (Lipinski definition) is 8. The predicted octanol–water partition coefficient (Wildman–Crippen LogP) is -0.874. The van der Waals surface area contributed by atoms with Crippen molar-refractivity contribution in [1.29, 1.82) is 0 Å². The molecule has 4 heterocycles. The van der Waals surface area contributed by atoms with Gasteiger partial charge in [0, 0.05) is 57.4 Å². The molecule has 111 valence electrons. The molecule has 4 rings (SSSR count). The van der Waals surface area contributed by atoms with Crippen molar-refractivity contribution >= 4 is 34.0 Å². The summed E-state index contributed by atoms with van der Waals surface area (Å²) in [5.41, 5.74) is 13.1. The van der Waals surface area contributed by atoms with Crippen LogP contribution in [-0.4, -0.2) is 29.9 Å². The van der Waals surface area contributed by atoms with Gasteiger partial charge in [-0.05, 0) is 12.7 Å². The Kier molecular flexibility index (Phi) is 4.42. The molecule has 1 radical (unpaired) electrons. The summed E-state index contributed by atoms with van der Waals surface area (Å²) in [5, 5.41) is 0. The molecule has 4 aromatic heterocycles. The van der Waals surface area contributed by atoms with Gasteiger partial charge in [-0.3, -0.25) is 0 Å². The summed E-state index contributed by atoms with van der Waals surface area (Å²) in [6.45, 7) is 0. The molecule has 0 bridgehead atoms. The fourth-order valence-electron chi connectivity index (χ4n) is 1.48. The number of nitrogens with two attached hydrogens (primary N) is 2. The van der Waals surface area contributed by atoms with Gasteiger partial charge in [0.1, 0.15) is 11.6 Å². The summed E-state index contributed by atoms with van der Waals surface area (Å²) in [5.74, 6) is 0.755. The van der Waals surface area contributed by atoms with Gasteiger partial charge in [-0.25, -0.2) is 9.97 Å². The van der Waals surface area contributed by atoms with E-state index < -0.39 is 0 Å². The average molecular weight is 465 g/mol. The maximum atomic E-state index is 5.45. The van der Waals surface area contributed by atoms with Gasteiger partial charge in [0.05, 0.1) is 0 Å². The van der Waals surface area contributed by atoms with Crippen molar-refractivity contribution in [2.24, 2.45) is 0 Å². The summed E-state index contributed by atoms with van der Waals surface area (Å²) in [7, 11) is 0. The Morgan fingerprint density at radius 2 is 1.10 bits per heavy atom. The molecule has 0 unspecified atom stereocenters. The van der Waals surface area contributed by atoms with Crippen molar-refractivity contribution < 1.29 is 22.4 Å². The molecule has 10 nitrogen and oxygen atoms in total. The van der Waals surface area contributed by atoms with Crippen LogP contribution < -0.4 is 21.4 Å². The van der Waals surface area contributed by atoms with Crippen LogP contribution in [0.4, 0.5) is 11.6 Å². The van der Waals surface area contributed by atoms with E-state index in [9.17, 15) is 0 Å². The second kappa shape index (κ2) is 6.26. The monoisotopic (exact) mass is 465 g/mol. The predicted molar refractivity (Wildman–Crippen MR) is 70.1 cm³/mol. The number of rotatable bonds is 0. The third kappa shape index (κ3) is 2.97. The van der Waals surface area contributed by atoms with E-state index >= 15 is 0 Å². The van der Waals surface area contributed by atoms with Crippen LogP contribution in [0.25, 0.3) is 22.3 Å². The van der Waals surface area contributed by atoms with Crippen molar-refractivity contribution in [3.05, 3.63) is 25.3 Å². The maximum Gasteiger partial charge on any atom is 0.134 e. The molecule has 4 aromatic rings. The van der Waals surface area contributed by atoms with Crippen LogP contribution in [0.2, 0.25) is 0 Å². The first-order valence-electron chi connectivity index (χ1n) is 5.43. The molecule has 11 heteroatoms. The van der Waals surface area contributed by atoms with Gasteiger partial charge >= 0.3 is 0 Å². The molecule has 0 atom stereocenters. The third-order valence-corrected chi connectivity index (χ3v) is 2.40. The number of aromatic nitrogens is 8. The van der Waals surface area contributed by atoms with Crippen molar-refractivity contribution in [1.82, 2.24) is 39.9 Å². The Bertz CT molecular complexity index is 781. The van der Waals surface area contributed by atoms with Crippen LogP contribution in [0.5, 0.6) is 0 Å². The van der Waals surface area contributed by atoms with Crippen LogP contribution in [0.3, 0.4) is 0 Å². The first-order chi connectivity index (χ1) is 9.75. The zero-order valence-electron chi connectivity index (χ0n) is 10.3. The van der Waals surface area contributed by atoms with E-state index in [1.165, 1.54) is 25.3 Å². The SMILES string of the molecule is Nc1ncnc2[n-]cnc12.Nc1ncnc2[n-]cnc12.[Au].